The van der Waals surface area contributed by atoms with Gasteiger partial charge in [-0.3, -0.25) is 0 Å². The lowest BCUT2D eigenvalue weighted by atomic mass is 9.73. The van der Waals surface area contributed by atoms with Crippen LogP contribution in [-0.4, -0.2) is 0 Å². The van der Waals surface area contributed by atoms with Gasteiger partial charge in [-0.2, -0.15) is 0 Å². The first-order valence-electron chi connectivity index (χ1n) is 8.36. The molecule has 0 saturated heterocycles. The third-order valence-corrected chi connectivity index (χ3v) is 5.41. The zero-order valence-electron chi connectivity index (χ0n) is 14.8. The third-order valence-electron chi connectivity index (χ3n) is 5.41. The molecule has 2 aromatic carbocycles. The molecule has 1 aliphatic rings. The molecule has 1 atom stereocenters. The Morgan fingerprint density at radius 1 is 0.818 bits per heavy atom. The molecular weight excluding hydrogens is 264 g/mol. The van der Waals surface area contributed by atoms with Gasteiger partial charge in [0.2, 0.25) is 0 Å². The topological polar surface area (TPSA) is 0 Å². The minimum atomic E-state index is 0.112. The number of hydrogen-bond acceptors (Lipinski definition) is 0. The van der Waals surface area contributed by atoms with E-state index in [0.29, 0.717) is 0 Å². The van der Waals surface area contributed by atoms with Crippen molar-refractivity contribution in [2.24, 2.45) is 0 Å². The molecule has 22 heavy (non-hydrogen) atoms. The molecule has 0 aliphatic heterocycles. The van der Waals surface area contributed by atoms with Crippen molar-refractivity contribution in [3.8, 4) is 0 Å². The van der Waals surface area contributed by atoms with E-state index in [9.17, 15) is 0 Å². The Bertz CT molecular complexity index is 700. The van der Waals surface area contributed by atoms with E-state index in [1.165, 1.54) is 28.7 Å². The SMILES string of the molecule is CC(C)(C)c1cccc(C2(C)CC(C)(C)c3ccccc32)c1. The van der Waals surface area contributed by atoms with E-state index in [2.05, 4.69) is 90.1 Å². The molecule has 0 aromatic heterocycles. The van der Waals surface area contributed by atoms with Crippen LogP contribution < -0.4 is 0 Å². The Morgan fingerprint density at radius 3 is 2.09 bits per heavy atom. The van der Waals surface area contributed by atoms with E-state index in [1.54, 1.807) is 0 Å². The summed E-state index contributed by atoms with van der Waals surface area (Å²) in [5.74, 6) is 0. The van der Waals surface area contributed by atoms with Crippen molar-refractivity contribution >= 4 is 0 Å². The lowest BCUT2D eigenvalue weighted by Crippen LogP contribution is -2.24. The van der Waals surface area contributed by atoms with Gasteiger partial charge in [-0.15, -0.1) is 0 Å². The molecule has 1 aliphatic carbocycles. The molecule has 0 heterocycles. The van der Waals surface area contributed by atoms with Crippen LogP contribution in [0.5, 0.6) is 0 Å². The quantitative estimate of drug-likeness (QED) is 0.607. The van der Waals surface area contributed by atoms with E-state index in [-0.39, 0.29) is 16.2 Å². The van der Waals surface area contributed by atoms with E-state index in [1.807, 2.05) is 0 Å². The van der Waals surface area contributed by atoms with Crippen molar-refractivity contribution in [1.29, 1.82) is 0 Å². The van der Waals surface area contributed by atoms with Crippen LogP contribution in [0.1, 0.15) is 70.2 Å². The first-order chi connectivity index (χ1) is 10.1. The van der Waals surface area contributed by atoms with E-state index < -0.39 is 0 Å². The Labute approximate surface area is 135 Å². The van der Waals surface area contributed by atoms with Crippen LogP contribution in [0, 0.1) is 0 Å². The average molecular weight is 292 g/mol. The normalized spacial score (nSPS) is 23.4. The lowest BCUT2D eigenvalue weighted by Gasteiger charge is -2.30. The van der Waals surface area contributed by atoms with E-state index in [0.717, 1.165) is 0 Å². The maximum absolute atomic E-state index is 2.43. The zero-order valence-corrected chi connectivity index (χ0v) is 14.8. The van der Waals surface area contributed by atoms with Gasteiger partial charge in [-0.25, -0.2) is 0 Å². The predicted octanol–water partition coefficient (Wildman–Crippen LogP) is 5.97. The van der Waals surface area contributed by atoms with Crippen molar-refractivity contribution in [2.45, 2.75) is 64.2 Å². The van der Waals surface area contributed by atoms with Crippen molar-refractivity contribution < 1.29 is 0 Å². The Hall–Kier alpha value is -1.56. The third kappa shape index (κ3) is 2.29. The average Bonchev–Trinajstić information content (AvgIpc) is 2.67. The van der Waals surface area contributed by atoms with Crippen LogP contribution >= 0.6 is 0 Å². The number of fused-ring (bicyclic) bond motifs is 1. The van der Waals surface area contributed by atoms with Gasteiger partial charge in [0.05, 0.1) is 0 Å². The van der Waals surface area contributed by atoms with Crippen molar-refractivity contribution in [2.75, 3.05) is 0 Å². The Balaban J connectivity index is 2.17. The number of rotatable bonds is 1. The van der Waals surface area contributed by atoms with Crippen LogP contribution in [0.3, 0.4) is 0 Å². The smallest absolute Gasteiger partial charge is 0.0186 e. The summed E-state index contributed by atoms with van der Waals surface area (Å²) in [6.45, 7) is 14.1. The lowest BCUT2D eigenvalue weighted by molar-refractivity contribution is 0.424. The van der Waals surface area contributed by atoms with Crippen LogP contribution in [0.15, 0.2) is 48.5 Å². The molecule has 0 saturated carbocycles. The molecule has 0 bridgehead atoms. The highest BCUT2D eigenvalue weighted by Gasteiger charge is 2.45. The molecule has 3 rings (SSSR count). The molecular formula is C22H28. The standard InChI is InChI=1S/C22H28/c1-20(2,3)16-10-9-11-17(14-16)22(6)15-21(4,5)18-12-7-8-13-19(18)22/h7-14H,15H2,1-6H3. The molecule has 0 amide bonds. The summed E-state index contributed by atoms with van der Waals surface area (Å²) in [7, 11) is 0. The fourth-order valence-corrected chi connectivity index (χ4v) is 4.22. The van der Waals surface area contributed by atoms with Gasteiger partial charge in [0, 0.05) is 5.41 Å². The second-order valence-corrected chi connectivity index (χ2v) is 8.77. The van der Waals surface area contributed by atoms with Crippen LogP contribution in [0.2, 0.25) is 0 Å². The van der Waals surface area contributed by atoms with Crippen molar-refractivity contribution in [3.05, 3.63) is 70.8 Å². The highest BCUT2D eigenvalue weighted by Crippen LogP contribution is 2.52. The van der Waals surface area contributed by atoms with Gasteiger partial charge >= 0.3 is 0 Å². The van der Waals surface area contributed by atoms with Crippen LogP contribution in [0.4, 0.5) is 0 Å². The molecule has 0 nitrogen and oxygen atoms in total. The first-order valence-corrected chi connectivity index (χ1v) is 8.36. The highest BCUT2D eigenvalue weighted by molar-refractivity contribution is 5.52. The maximum Gasteiger partial charge on any atom is 0.0186 e. The molecule has 0 spiro atoms. The van der Waals surface area contributed by atoms with Gasteiger partial charge in [-0.05, 0) is 39.5 Å². The van der Waals surface area contributed by atoms with Crippen molar-refractivity contribution in [1.82, 2.24) is 0 Å². The number of benzene rings is 2. The minimum absolute atomic E-state index is 0.112. The minimum Gasteiger partial charge on any atom is -0.0620 e. The molecule has 0 radical (unpaired) electrons. The van der Waals surface area contributed by atoms with Gasteiger partial charge in [0.1, 0.15) is 0 Å². The zero-order chi connectivity index (χ0) is 16.2. The maximum atomic E-state index is 2.43. The Kier molecular flexibility index (Phi) is 3.29. The summed E-state index contributed by atoms with van der Waals surface area (Å²) in [4.78, 5) is 0. The highest BCUT2D eigenvalue weighted by atomic mass is 14.5. The van der Waals surface area contributed by atoms with Crippen molar-refractivity contribution in [3.63, 3.8) is 0 Å². The summed E-state index contributed by atoms with van der Waals surface area (Å²) in [6.07, 6.45) is 1.17. The summed E-state index contributed by atoms with van der Waals surface area (Å²) in [5, 5.41) is 0. The second-order valence-electron chi connectivity index (χ2n) is 8.77. The van der Waals surface area contributed by atoms with Crippen LogP contribution in [-0.2, 0) is 16.2 Å². The monoisotopic (exact) mass is 292 g/mol. The van der Waals surface area contributed by atoms with Gasteiger partial charge < -0.3 is 0 Å². The van der Waals surface area contributed by atoms with Gasteiger partial charge in [0.25, 0.3) is 0 Å². The molecule has 116 valence electrons. The fraction of sp³-hybridized carbons (Fsp3) is 0.455. The molecule has 0 N–H and O–H groups in total. The molecule has 2 aromatic rings. The van der Waals surface area contributed by atoms with Gasteiger partial charge in [-0.1, -0.05) is 90.1 Å². The van der Waals surface area contributed by atoms with E-state index in [4.69, 9.17) is 0 Å². The molecule has 1 unspecified atom stereocenters. The summed E-state index contributed by atoms with van der Waals surface area (Å²) < 4.78 is 0. The van der Waals surface area contributed by atoms with E-state index >= 15 is 0 Å². The second kappa shape index (κ2) is 4.72. The summed E-state index contributed by atoms with van der Waals surface area (Å²) in [6, 6.07) is 18.2. The predicted molar refractivity (Wildman–Crippen MR) is 95.7 cm³/mol. The number of hydrogen-bond donors (Lipinski definition) is 0. The molecule has 0 fully saturated rings. The van der Waals surface area contributed by atoms with Crippen LogP contribution in [0.25, 0.3) is 0 Å². The van der Waals surface area contributed by atoms with Gasteiger partial charge in [0.15, 0.2) is 0 Å². The fourth-order valence-electron chi connectivity index (χ4n) is 4.22. The first kappa shape index (κ1) is 15.3. The molecule has 0 heteroatoms. The summed E-state index contributed by atoms with van der Waals surface area (Å²) >= 11 is 0. The largest absolute Gasteiger partial charge is 0.0620 e. The summed E-state index contributed by atoms with van der Waals surface area (Å²) in [5.41, 5.74) is 6.45. The Morgan fingerprint density at radius 2 is 1.45 bits per heavy atom.